The SMILES string of the molecule is COC(=O)CC(C)NC(=O)c1cc2ccccc2s1. The van der Waals surface area contributed by atoms with E-state index < -0.39 is 0 Å². The van der Waals surface area contributed by atoms with E-state index in [1.54, 1.807) is 6.92 Å². The number of rotatable bonds is 4. The van der Waals surface area contributed by atoms with Gasteiger partial charge in [-0.05, 0) is 24.4 Å². The van der Waals surface area contributed by atoms with Crippen LogP contribution in [0.3, 0.4) is 0 Å². The zero-order valence-corrected chi connectivity index (χ0v) is 11.6. The van der Waals surface area contributed by atoms with Crippen LogP contribution >= 0.6 is 11.3 Å². The van der Waals surface area contributed by atoms with Crippen molar-refractivity contribution in [3.05, 3.63) is 35.2 Å². The molecule has 1 atom stereocenters. The van der Waals surface area contributed by atoms with Crippen LogP contribution in [-0.2, 0) is 9.53 Å². The summed E-state index contributed by atoms with van der Waals surface area (Å²) in [6, 6.07) is 9.46. The third-order valence-corrected chi connectivity index (χ3v) is 3.84. The number of ether oxygens (including phenoxy) is 1. The molecule has 5 heteroatoms. The van der Waals surface area contributed by atoms with E-state index in [4.69, 9.17) is 0 Å². The van der Waals surface area contributed by atoms with Gasteiger partial charge in [0.1, 0.15) is 0 Å². The maximum Gasteiger partial charge on any atom is 0.307 e. The highest BCUT2D eigenvalue weighted by Crippen LogP contribution is 2.25. The first-order chi connectivity index (χ1) is 9.10. The largest absolute Gasteiger partial charge is 0.469 e. The molecule has 2 rings (SSSR count). The summed E-state index contributed by atoms with van der Waals surface area (Å²) in [7, 11) is 1.34. The number of carbonyl (C=O) groups is 2. The Morgan fingerprint density at radius 3 is 2.79 bits per heavy atom. The Bertz CT molecular complexity index is 573. The smallest absolute Gasteiger partial charge is 0.307 e. The van der Waals surface area contributed by atoms with Gasteiger partial charge in [0.25, 0.3) is 5.91 Å². The molecule has 0 radical (unpaired) electrons. The second kappa shape index (κ2) is 5.84. The number of nitrogens with one attached hydrogen (secondary N) is 1. The maximum atomic E-state index is 12.0. The third kappa shape index (κ3) is 3.32. The fraction of sp³-hybridized carbons (Fsp3) is 0.286. The molecule has 0 bridgehead atoms. The normalized spacial score (nSPS) is 12.1. The average molecular weight is 277 g/mol. The van der Waals surface area contributed by atoms with Crippen molar-refractivity contribution in [1.82, 2.24) is 5.32 Å². The number of fused-ring (bicyclic) bond motifs is 1. The van der Waals surface area contributed by atoms with E-state index >= 15 is 0 Å². The lowest BCUT2D eigenvalue weighted by molar-refractivity contribution is -0.141. The molecule has 1 heterocycles. The summed E-state index contributed by atoms with van der Waals surface area (Å²) in [4.78, 5) is 23.8. The summed E-state index contributed by atoms with van der Waals surface area (Å²) >= 11 is 1.44. The maximum absolute atomic E-state index is 12.0. The highest BCUT2D eigenvalue weighted by molar-refractivity contribution is 7.20. The molecule has 19 heavy (non-hydrogen) atoms. The van der Waals surface area contributed by atoms with Crippen molar-refractivity contribution in [3.8, 4) is 0 Å². The molecule has 0 aliphatic rings. The van der Waals surface area contributed by atoms with Crippen molar-refractivity contribution in [2.45, 2.75) is 19.4 Å². The predicted octanol–water partition coefficient (Wildman–Crippen LogP) is 2.58. The molecule has 2 aromatic rings. The lowest BCUT2D eigenvalue weighted by Gasteiger charge is -2.11. The monoisotopic (exact) mass is 277 g/mol. The van der Waals surface area contributed by atoms with E-state index in [-0.39, 0.29) is 24.3 Å². The molecule has 0 fully saturated rings. The fourth-order valence-corrected chi connectivity index (χ4v) is 2.74. The van der Waals surface area contributed by atoms with E-state index in [2.05, 4.69) is 10.1 Å². The van der Waals surface area contributed by atoms with E-state index in [0.29, 0.717) is 4.88 Å². The van der Waals surface area contributed by atoms with Crippen molar-refractivity contribution in [3.63, 3.8) is 0 Å². The first-order valence-corrected chi connectivity index (χ1v) is 6.78. The van der Waals surface area contributed by atoms with Crippen LogP contribution in [0.4, 0.5) is 0 Å². The molecular formula is C14H15NO3S. The average Bonchev–Trinajstić information content (AvgIpc) is 2.82. The minimum absolute atomic E-state index is 0.155. The van der Waals surface area contributed by atoms with Gasteiger partial charge >= 0.3 is 5.97 Å². The molecule has 0 saturated heterocycles. The van der Waals surface area contributed by atoms with E-state index in [9.17, 15) is 9.59 Å². The van der Waals surface area contributed by atoms with Gasteiger partial charge in [0, 0.05) is 10.7 Å². The number of carbonyl (C=O) groups excluding carboxylic acids is 2. The molecule has 4 nitrogen and oxygen atoms in total. The summed E-state index contributed by atoms with van der Waals surface area (Å²) < 4.78 is 5.65. The second-order valence-corrected chi connectivity index (χ2v) is 5.39. The lowest BCUT2D eigenvalue weighted by Crippen LogP contribution is -2.34. The number of amides is 1. The highest BCUT2D eigenvalue weighted by Gasteiger charge is 2.15. The van der Waals surface area contributed by atoms with Crippen LogP contribution in [0.1, 0.15) is 23.0 Å². The van der Waals surface area contributed by atoms with Crippen LogP contribution in [0.2, 0.25) is 0 Å². The zero-order chi connectivity index (χ0) is 13.8. The van der Waals surface area contributed by atoms with Crippen LogP contribution in [-0.4, -0.2) is 25.0 Å². The number of hydrogen-bond donors (Lipinski definition) is 1. The quantitative estimate of drug-likeness (QED) is 0.874. The van der Waals surface area contributed by atoms with Crippen LogP contribution in [0.25, 0.3) is 10.1 Å². The Labute approximate surface area is 115 Å². The standard InChI is InChI=1S/C14H15NO3S/c1-9(7-13(16)18-2)15-14(17)12-8-10-5-3-4-6-11(10)19-12/h3-6,8-9H,7H2,1-2H3,(H,15,17). The summed E-state index contributed by atoms with van der Waals surface area (Å²) in [6.07, 6.45) is 0.174. The molecule has 0 aliphatic carbocycles. The zero-order valence-electron chi connectivity index (χ0n) is 10.8. The van der Waals surface area contributed by atoms with Crippen LogP contribution < -0.4 is 5.32 Å². The molecule has 1 aromatic carbocycles. The van der Waals surface area contributed by atoms with E-state index in [0.717, 1.165) is 10.1 Å². The molecule has 0 saturated carbocycles. The van der Waals surface area contributed by atoms with Gasteiger partial charge in [0.05, 0.1) is 18.4 Å². The predicted molar refractivity (Wildman–Crippen MR) is 75.4 cm³/mol. The highest BCUT2D eigenvalue weighted by atomic mass is 32.1. The van der Waals surface area contributed by atoms with E-state index in [1.807, 2.05) is 30.3 Å². The Hall–Kier alpha value is -1.88. The Kier molecular flexibility index (Phi) is 4.16. The van der Waals surface area contributed by atoms with Gasteiger partial charge in [-0.15, -0.1) is 11.3 Å². The topological polar surface area (TPSA) is 55.4 Å². The van der Waals surface area contributed by atoms with Gasteiger partial charge in [-0.25, -0.2) is 0 Å². The molecule has 100 valence electrons. The van der Waals surface area contributed by atoms with Crippen molar-refractivity contribution < 1.29 is 14.3 Å². The minimum atomic E-state index is -0.329. The minimum Gasteiger partial charge on any atom is -0.469 e. The van der Waals surface area contributed by atoms with Crippen LogP contribution in [0.5, 0.6) is 0 Å². The lowest BCUT2D eigenvalue weighted by atomic mass is 10.2. The summed E-state index contributed by atoms with van der Waals surface area (Å²) in [5.74, 6) is -0.484. The Morgan fingerprint density at radius 2 is 2.11 bits per heavy atom. The Balaban J connectivity index is 2.05. The molecular weight excluding hydrogens is 262 g/mol. The molecule has 1 amide bonds. The number of benzene rings is 1. The third-order valence-electron chi connectivity index (χ3n) is 2.73. The first-order valence-electron chi connectivity index (χ1n) is 5.96. The van der Waals surface area contributed by atoms with Gasteiger partial charge in [0.15, 0.2) is 0 Å². The number of methoxy groups -OCH3 is 1. The summed E-state index contributed by atoms with van der Waals surface area (Å²) in [5, 5.41) is 3.85. The Morgan fingerprint density at radius 1 is 1.37 bits per heavy atom. The first kappa shape index (κ1) is 13.5. The summed E-state index contributed by atoms with van der Waals surface area (Å²) in [5.41, 5.74) is 0. The van der Waals surface area contributed by atoms with Gasteiger partial charge in [-0.1, -0.05) is 18.2 Å². The van der Waals surface area contributed by atoms with Crippen LogP contribution in [0.15, 0.2) is 30.3 Å². The van der Waals surface area contributed by atoms with Crippen molar-refractivity contribution in [2.75, 3.05) is 7.11 Å². The molecule has 1 aromatic heterocycles. The summed E-state index contributed by atoms with van der Waals surface area (Å²) in [6.45, 7) is 1.78. The molecule has 1 unspecified atom stereocenters. The molecule has 0 aliphatic heterocycles. The van der Waals surface area contributed by atoms with Crippen molar-refractivity contribution >= 4 is 33.3 Å². The van der Waals surface area contributed by atoms with Gasteiger partial charge in [-0.3, -0.25) is 9.59 Å². The van der Waals surface area contributed by atoms with Crippen LogP contribution in [0, 0.1) is 0 Å². The van der Waals surface area contributed by atoms with Crippen molar-refractivity contribution in [2.24, 2.45) is 0 Å². The van der Waals surface area contributed by atoms with E-state index in [1.165, 1.54) is 18.4 Å². The van der Waals surface area contributed by atoms with Gasteiger partial charge in [0.2, 0.25) is 0 Å². The number of thiophene rings is 1. The molecule has 1 N–H and O–H groups in total. The van der Waals surface area contributed by atoms with Gasteiger partial charge in [-0.2, -0.15) is 0 Å². The second-order valence-electron chi connectivity index (χ2n) is 4.30. The fourth-order valence-electron chi connectivity index (χ4n) is 1.77. The van der Waals surface area contributed by atoms with Crippen molar-refractivity contribution in [1.29, 1.82) is 0 Å². The molecule has 0 spiro atoms. The van der Waals surface area contributed by atoms with Gasteiger partial charge < -0.3 is 10.1 Å². The number of hydrogen-bond acceptors (Lipinski definition) is 4. The number of esters is 1.